The highest BCUT2D eigenvalue weighted by Crippen LogP contribution is 2.25. The number of rotatable bonds is 6. The zero-order chi connectivity index (χ0) is 18.5. The Balaban J connectivity index is 1.78. The van der Waals surface area contributed by atoms with E-state index in [-0.39, 0.29) is 5.71 Å². The largest absolute Gasteiger partial charge is 0.369 e. The van der Waals surface area contributed by atoms with Gasteiger partial charge in [-0.25, -0.2) is 9.97 Å². The molecule has 0 radical (unpaired) electrons. The average molecular weight is 357 g/mol. The van der Waals surface area contributed by atoms with E-state index in [2.05, 4.69) is 25.6 Å². The summed E-state index contributed by atoms with van der Waals surface area (Å²) in [5.74, 6) is 1.04. The fraction of sp³-hybridized carbons (Fsp3) is 0.444. The van der Waals surface area contributed by atoms with Crippen molar-refractivity contribution in [2.75, 3.05) is 24.2 Å². The third kappa shape index (κ3) is 4.32. The quantitative estimate of drug-likeness (QED) is 0.466. The zero-order valence-corrected chi connectivity index (χ0v) is 14.8. The Morgan fingerprint density at radius 1 is 1.23 bits per heavy atom. The molecule has 7 nitrogen and oxygen atoms in total. The lowest BCUT2D eigenvalue weighted by Crippen LogP contribution is -2.29. The predicted molar refractivity (Wildman–Crippen MR) is 100 cm³/mol. The lowest BCUT2D eigenvalue weighted by Gasteiger charge is -2.26. The topological polar surface area (TPSA) is 113 Å². The molecule has 0 aliphatic heterocycles. The first-order valence-electron chi connectivity index (χ1n) is 8.82. The van der Waals surface area contributed by atoms with Gasteiger partial charge in [0.2, 0.25) is 11.9 Å². The fourth-order valence-corrected chi connectivity index (χ4v) is 3.13. The van der Waals surface area contributed by atoms with Crippen molar-refractivity contribution < 1.29 is 4.39 Å². The van der Waals surface area contributed by atoms with Crippen LogP contribution in [0, 0.1) is 17.3 Å². The Morgan fingerprint density at radius 2 is 2.00 bits per heavy atom. The molecule has 26 heavy (non-hydrogen) atoms. The van der Waals surface area contributed by atoms with Crippen LogP contribution in [-0.4, -0.2) is 40.3 Å². The van der Waals surface area contributed by atoms with Crippen LogP contribution in [0.3, 0.4) is 0 Å². The minimum Gasteiger partial charge on any atom is -0.369 e. The molecule has 1 aliphatic rings. The number of anilines is 2. The number of pyridine rings is 1. The standard InChI is InChI=1S/C18H24FN7/c1-22-18-25-10-14(16(21)12-4-7-15(19)23-9-12)17(26-18)24-8-11-2-5-13(20)6-3-11/h4,7,9-11,13,21H,2-3,5-6,8,20H2,1H3,(H2,22,24,25,26). The maximum absolute atomic E-state index is 13.0. The Hall–Kier alpha value is -2.61. The monoisotopic (exact) mass is 357 g/mol. The molecule has 5 N–H and O–H groups in total. The van der Waals surface area contributed by atoms with E-state index in [9.17, 15) is 4.39 Å². The molecule has 0 saturated heterocycles. The summed E-state index contributed by atoms with van der Waals surface area (Å²) in [5.41, 5.74) is 7.25. The van der Waals surface area contributed by atoms with Crippen molar-refractivity contribution in [3.63, 3.8) is 0 Å². The van der Waals surface area contributed by atoms with E-state index in [0.717, 1.165) is 32.2 Å². The van der Waals surface area contributed by atoms with E-state index in [1.54, 1.807) is 13.2 Å². The molecule has 0 atom stereocenters. The lowest BCUT2D eigenvalue weighted by atomic mass is 9.86. The van der Waals surface area contributed by atoms with Gasteiger partial charge in [-0.1, -0.05) is 0 Å². The van der Waals surface area contributed by atoms with Crippen LogP contribution in [0.2, 0.25) is 0 Å². The summed E-state index contributed by atoms with van der Waals surface area (Å²) in [4.78, 5) is 12.3. The molecule has 0 spiro atoms. The van der Waals surface area contributed by atoms with Crippen LogP contribution in [0.1, 0.15) is 36.8 Å². The van der Waals surface area contributed by atoms with E-state index in [1.807, 2.05) is 0 Å². The smallest absolute Gasteiger partial charge is 0.224 e. The summed E-state index contributed by atoms with van der Waals surface area (Å²) >= 11 is 0. The molecule has 2 aromatic rings. The number of nitrogens with two attached hydrogens (primary N) is 1. The van der Waals surface area contributed by atoms with Crippen molar-refractivity contribution in [1.29, 1.82) is 5.41 Å². The molecule has 0 amide bonds. The van der Waals surface area contributed by atoms with E-state index in [4.69, 9.17) is 11.1 Å². The molecule has 1 saturated carbocycles. The van der Waals surface area contributed by atoms with Crippen molar-refractivity contribution in [2.45, 2.75) is 31.7 Å². The number of nitrogens with zero attached hydrogens (tertiary/aromatic N) is 3. The second-order valence-corrected chi connectivity index (χ2v) is 6.61. The lowest BCUT2D eigenvalue weighted by molar-refractivity contribution is 0.338. The van der Waals surface area contributed by atoms with Crippen molar-refractivity contribution in [1.82, 2.24) is 15.0 Å². The maximum Gasteiger partial charge on any atom is 0.224 e. The second kappa shape index (κ2) is 8.18. The van der Waals surface area contributed by atoms with Crippen molar-refractivity contribution in [3.8, 4) is 0 Å². The molecule has 2 aromatic heterocycles. The van der Waals surface area contributed by atoms with Gasteiger partial charge in [-0.3, -0.25) is 5.41 Å². The third-order valence-corrected chi connectivity index (χ3v) is 4.75. The van der Waals surface area contributed by atoms with Gasteiger partial charge in [0.15, 0.2) is 0 Å². The van der Waals surface area contributed by atoms with E-state index in [0.29, 0.717) is 34.9 Å². The van der Waals surface area contributed by atoms with Gasteiger partial charge in [-0.05, 0) is 43.7 Å². The van der Waals surface area contributed by atoms with Gasteiger partial charge in [-0.2, -0.15) is 9.37 Å². The first-order chi connectivity index (χ1) is 12.6. The van der Waals surface area contributed by atoms with Gasteiger partial charge in [0, 0.05) is 37.6 Å². The maximum atomic E-state index is 13.0. The summed E-state index contributed by atoms with van der Waals surface area (Å²) < 4.78 is 13.0. The highest BCUT2D eigenvalue weighted by molar-refractivity contribution is 6.13. The van der Waals surface area contributed by atoms with Crippen LogP contribution in [0.15, 0.2) is 24.5 Å². The van der Waals surface area contributed by atoms with E-state index < -0.39 is 5.95 Å². The second-order valence-electron chi connectivity index (χ2n) is 6.61. The Bertz CT molecular complexity index is 755. The summed E-state index contributed by atoms with van der Waals surface area (Å²) in [5, 5.41) is 14.7. The Kier molecular flexibility index (Phi) is 5.72. The van der Waals surface area contributed by atoms with Gasteiger partial charge < -0.3 is 16.4 Å². The van der Waals surface area contributed by atoms with E-state index in [1.165, 1.54) is 18.3 Å². The van der Waals surface area contributed by atoms with E-state index >= 15 is 0 Å². The number of aromatic nitrogens is 3. The molecular weight excluding hydrogens is 333 g/mol. The van der Waals surface area contributed by atoms with Crippen LogP contribution in [-0.2, 0) is 0 Å². The molecule has 1 aliphatic carbocycles. The van der Waals surface area contributed by atoms with Gasteiger partial charge in [-0.15, -0.1) is 0 Å². The minimum absolute atomic E-state index is 0.202. The van der Waals surface area contributed by atoms with Crippen molar-refractivity contribution in [3.05, 3.63) is 41.6 Å². The van der Waals surface area contributed by atoms with Gasteiger partial charge >= 0.3 is 0 Å². The summed E-state index contributed by atoms with van der Waals surface area (Å²) in [7, 11) is 1.75. The fourth-order valence-electron chi connectivity index (χ4n) is 3.13. The van der Waals surface area contributed by atoms with Gasteiger partial charge in [0.05, 0.1) is 11.3 Å². The minimum atomic E-state index is -0.572. The normalized spacial score (nSPS) is 19.8. The molecular formula is C18H24FN7. The molecule has 0 aromatic carbocycles. The van der Waals surface area contributed by atoms with Crippen LogP contribution in [0.4, 0.5) is 16.2 Å². The molecule has 138 valence electrons. The highest BCUT2D eigenvalue weighted by atomic mass is 19.1. The summed E-state index contributed by atoms with van der Waals surface area (Å²) in [6.45, 7) is 0.773. The van der Waals surface area contributed by atoms with Crippen LogP contribution < -0.4 is 16.4 Å². The summed E-state index contributed by atoms with van der Waals surface area (Å²) in [6, 6.07) is 3.09. The highest BCUT2D eigenvalue weighted by Gasteiger charge is 2.20. The van der Waals surface area contributed by atoms with Crippen LogP contribution >= 0.6 is 0 Å². The number of hydrogen-bond acceptors (Lipinski definition) is 7. The SMILES string of the molecule is CNc1ncc(C(=N)c2ccc(F)nc2)c(NCC2CCC(N)CC2)n1. The predicted octanol–water partition coefficient (Wildman–Crippen LogP) is 2.40. The third-order valence-electron chi connectivity index (χ3n) is 4.75. The number of nitrogens with one attached hydrogen (secondary N) is 3. The molecule has 2 heterocycles. The van der Waals surface area contributed by atoms with Crippen LogP contribution in [0.25, 0.3) is 0 Å². The molecule has 1 fully saturated rings. The first-order valence-corrected chi connectivity index (χ1v) is 8.82. The number of halogens is 1. The zero-order valence-electron chi connectivity index (χ0n) is 14.8. The average Bonchev–Trinajstić information content (AvgIpc) is 2.67. The van der Waals surface area contributed by atoms with Crippen molar-refractivity contribution in [2.24, 2.45) is 11.7 Å². The van der Waals surface area contributed by atoms with Crippen LogP contribution in [0.5, 0.6) is 0 Å². The molecule has 0 bridgehead atoms. The molecule has 0 unspecified atom stereocenters. The Labute approximate surface area is 152 Å². The van der Waals surface area contributed by atoms with Gasteiger partial charge in [0.25, 0.3) is 0 Å². The Morgan fingerprint density at radius 3 is 2.65 bits per heavy atom. The summed E-state index contributed by atoms with van der Waals surface area (Å²) in [6.07, 6.45) is 7.21. The van der Waals surface area contributed by atoms with Crippen molar-refractivity contribution >= 4 is 17.5 Å². The molecule has 8 heteroatoms. The molecule has 3 rings (SSSR count). The van der Waals surface area contributed by atoms with Gasteiger partial charge in [0.1, 0.15) is 5.82 Å². The first kappa shape index (κ1) is 18.2. The number of hydrogen-bond donors (Lipinski definition) is 4.